The maximum Gasteiger partial charge on any atom is 0.134 e. The number of anilines is 2. The van der Waals surface area contributed by atoms with Crippen molar-refractivity contribution in [2.45, 2.75) is 6.54 Å². The Morgan fingerprint density at radius 2 is 1.88 bits per heavy atom. The second-order valence-electron chi connectivity index (χ2n) is 6.00. The van der Waals surface area contributed by atoms with Crippen LogP contribution in [-0.2, 0) is 11.3 Å². The van der Waals surface area contributed by atoms with Crippen molar-refractivity contribution >= 4 is 22.4 Å². The molecule has 3 heterocycles. The third-order valence-electron chi connectivity index (χ3n) is 4.33. The average Bonchev–Trinajstić information content (AvgIpc) is 2.67. The number of halogens is 1. The summed E-state index contributed by atoms with van der Waals surface area (Å²) in [4.78, 5) is 11.0. The fourth-order valence-electron chi connectivity index (χ4n) is 3.00. The lowest BCUT2D eigenvalue weighted by molar-refractivity contribution is 0.122. The number of hydrogen-bond acceptors (Lipinski definition) is 5. The van der Waals surface area contributed by atoms with Crippen LogP contribution >= 0.6 is 0 Å². The summed E-state index contributed by atoms with van der Waals surface area (Å²) in [5.74, 6) is 1.38. The molecule has 2 aromatic heterocycles. The van der Waals surface area contributed by atoms with E-state index in [0.29, 0.717) is 12.4 Å². The van der Waals surface area contributed by atoms with Crippen molar-refractivity contribution in [2.24, 2.45) is 0 Å². The van der Waals surface area contributed by atoms with Gasteiger partial charge >= 0.3 is 0 Å². The normalized spacial score (nSPS) is 14.7. The zero-order chi connectivity index (χ0) is 17.1. The fraction of sp³-hybridized carbons (Fsp3) is 0.263. The molecular formula is C19H19FN4O. The van der Waals surface area contributed by atoms with Crippen LogP contribution in [-0.4, -0.2) is 36.3 Å². The second kappa shape index (κ2) is 7.03. The first-order valence-electron chi connectivity index (χ1n) is 8.35. The largest absolute Gasteiger partial charge is 0.378 e. The lowest BCUT2D eigenvalue weighted by Crippen LogP contribution is -2.36. The third-order valence-corrected chi connectivity index (χ3v) is 4.33. The molecule has 0 aliphatic carbocycles. The Morgan fingerprint density at radius 3 is 2.76 bits per heavy atom. The molecule has 1 N–H and O–H groups in total. The second-order valence-corrected chi connectivity index (χ2v) is 6.00. The van der Waals surface area contributed by atoms with Gasteiger partial charge in [-0.25, -0.2) is 14.4 Å². The number of rotatable bonds is 4. The number of morpholine rings is 1. The van der Waals surface area contributed by atoms with E-state index in [2.05, 4.69) is 26.3 Å². The molecule has 1 fully saturated rings. The number of pyridine rings is 2. The van der Waals surface area contributed by atoms with Gasteiger partial charge in [0, 0.05) is 37.4 Å². The molecule has 0 amide bonds. The molecule has 0 atom stereocenters. The highest BCUT2D eigenvalue weighted by Gasteiger charge is 2.12. The van der Waals surface area contributed by atoms with Gasteiger partial charge in [0.05, 0.1) is 13.2 Å². The molecule has 6 heteroatoms. The van der Waals surface area contributed by atoms with Gasteiger partial charge in [0.25, 0.3) is 0 Å². The van der Waals surface area contributed by atoms with Crippen LogP contribution in [0.2, 0.25) is 0 Å². The Hall–Kier alpha value is -2.73. The standard InChI is InChI=1S/C19H19FN4O/c20-16-2-1-15-4-6-22-19(17(15)12-16)23-13-14-3-5-21-18(11-14)24-7-9-25-10-8-24/h1-6,11-12H,7-10,13H2,(H,22,23). The predicted octanol–water partition coefficient (Wildman–Crippen LogP) is 3.22. The van der Waals surface area contributed by atoms with E-state index >= 15 is 0 Å². The molecule has 4 rings (SSSR count). The Labute approximate surface area is 145 Å². The molecular weight excluding hydrogens is 319 g/mol. The minimum absolute atomic E-state index is 0.262. The smallest absolute Gasteiger partial charge is 0.134 e. The van der Waals surface area contributed by atoms with Crippen molar-refractivity contribution in [1.29, 1.82) is 0 Å². The number of hydrogen-bond donors (Lipinski definition) is 1. The van der Waals surface area contributed by atoms with Crippen molar-refractivity contribution in [3.8, 4) is 0 Å². The van der Waals surface area contributed by atoms with Gasteiger partial charge in [0.2, 0.25) is 0 Å². The molecule has 0 radical (unpaired) electrons. The molecule has 0 bridgehead atoms. The summed E-state index contributed by atoms with van der Waals surface area (Å²) in [6.45, 7) is 3.77. The van der Waals surface area contributed by atoms with Crippen LogP contribution < -0.4 is 10.2 Å². The van der Waals surface area contributed by atoms with Crippen LogP contribution in [0.1, 0.15) is 5.56 Å². The van der Waals surface area contributed by atoms with Gasteiger partial charge in [-0.3, -0.25) is 0 Å². The SMILES string of the molecule is Fc1ccc2ccnc(NCc3ccnc(N4CCOCC4)c3)c2c1. The van der Waals surface area contributed by atoms with E-state index in [4.69, 9.17) is 4.74 Å². The van der Waals surface area contributed by atoms with E-state index in [0.717, 1.165) is 48.5 Å². The van der Waals surface area contributed by atoms with Crippen molar-refractivity contribution < 1.29 is 9.13 Å². The van der Waals surface area contributed by atoms with Crippen LogP contribution in [0.25, 0.3) is 10.8 Å². The average molecular weight is 338 g/mol. The highest BCUT2D eigenvalue weighted by atomic mass is 19.1. The fourth-order valence-corrected chi connectivity index (χ4v) is 3.00. The summed E-state index contributed by atoms with van der Waals surface area (Å²) in [6.07, 6.45) is 3.55. The van der Waals surface area contributed by atoms with Gasteiger partial charge < -0.3 is 15.0 Å². The van der Waals surface area contributed by atoms with E-state index in [9.17, 15) is 4.39 Å². The predicted molar refractivity (Wildman–Crippen MR) is 96.3 cm³/mol. The molecule has 1 aliphatic rings. The first-order valence-corrected chi connectivity index (χ1v) is 8.35. The topological polar surface area (TPSA) is 50.3 Å². The monoisotopic (exact) mass is 338 g/mol. The van der Waals surface area contributed by atoms with E-state index in [1.807, 2.05) is 18.3 Å². The van der Waals surface area contributed by atoms with Crippen molar-refractivity contribution in [2.75, 3.05) is 36.5 Å². The molecule has 1 aromatic carbocycles. The van der Waals surface area contributed by atoms with Crippen molar-refractivity contribution in [3.63, 3.8) is 0 Å². The minimum atomic E-state index is -0.262. The number of fused-ring (bicyclic) bond motifs is 1. The molecule has 1 aliphatic heterocycles. The summed E-state index contributed by atoms with van der Waals surface area (Å²) < 4.78 is 18.9. The summed E-state index contributed by atoms with van der Waals surface area (Å²) in [6, 6.07) is 10.7. The van der Waals surface area contributed by atoms with E-state index in [-0.39, 0.29) is 5.82 Å². The Kier molecular flexibility index (Phi) is 4.43. The molecule has 0 spiro atoms. The maximum atomic E-state index is 13.6. The van der Waals surface area contributed by atoms with Gasteiger partial charge in [-0.15, -0.1) is 0 Å². The molecule has 0 unspecified atom stereocenters. The summed E-state index contributed by atoms with van der Waals surface area (Å²) in [5.41, 5.74) is 1.10. The van der Waals surface area contributed by atoms with E-state index in [1.165, 1.54) is 12.1 Å². The highest BCUT2D eigenvalue weighted by molar-refractivity contribution is 5.91. The van der Waals surface area contributed by atoms with Crippen molar-refractivity contribution in [1.82, 2.24) is 9.97 Å². The lowest BCUT2D eigenvalue weighted by Gasteiger charge is -2.28. The lowest BCUT2D eigenvalue weighted by atomic mass is 10.1. The molecule has 1 saturated heterocycles. The van der Waals surface area contributed by atoms with Gasteiger partial charge in [0.15, 0.2) is 0 Å². The number of nitrogens with one attached hydrogen (secondary N) is 1. The first-order chi connectivity index (χ1) is 12.3. The maximum absolute atomic E-state index is 13.6. The molecule has 0 saturated carbocycles. The van der Waals surface area contributed by atoms with Gasteiger partial charge in [-0.2, -0.15) is 0 Å². The van der Waals surface area contributed by atoms with Crippen LogP contribution in [0.5, 0.6) is 0 Å². The number of benzene rings is 1. The number of ether oxygens (including phenoxy) is 1. The van der Waals surface area contributed by atoms with Crippen LogP contribution in [0.3, 0.4) is 0 Å². The number of aromatic nitrogens is 2. The summed E-state index contributed by atoms with van der Waals surface area (Å²) in [7, 11) is 0. The minimum Gasteiger partial charge on any atom is -0.378 e. The van der Waals surface area contributed by atoms with Crippen LogP contribution in [0.15, 0.2) is 48.8 Å². The zero-order valence-electron chi connectivity index (χ0n) is 13.8. The molecule has 5 nitrogen and oxygen atoms in total. The van der Waals surface area contributed by atoms with E-state index in [1.54, 1.807) is 12.3 Å². The zero-order valence-corrected chi connectivity index (χ0v) is 13.8. The Balaban J connectivity index is 1.53. The Bertz CT molecular complexity index is 880. The quantitative estimate of drug-likeness (QED) is 0.792. The van der Waals surface area contributed by atoms with Gasteiger partial charge in [-0.1, -0.05) is 6.07 Å². The molecule has 3 aromatic rings. The summed E-state index contributed by atoms with van der Waals surface area (Å²) >= 11 is 0. The first kappa shape index (κ1) is 15.8. The van der Waals surface area contributed by atoms with Crippen LogP contribution in [0.4, 0.5) is 16.0 Å². The highest BCUT2D eigenvalue weighted by Crippen LogP contribution is 2.23. The van der Waals surface area contributed by atoms with Gasteiger partial charge in [-0.05, 0) is 41.3 Å². The third kappa shape index (κ3) is 3.53. The van der Waals surface area contributed by atoms with Crippen LogP contribution in [0, 0.1) is 5.82 Å². The van der Waals surface area contributed by atoms with Crippen molar-refractivity contribution in [3.05, 3.63) is 60.2 Å². The summed E-state index contributed by atoms with van der Waals surface area (Å²) in [5, 5.41) is 5.06. The van der Waals surface area contributed by atoms with Gasteiger partial charge in [0.1, 0.15) is 17.5 Å². The Morgan fingerprint density at radius 1 is 1.04 bits per heavy atom. The molecule has 128 valence electrons. The number of nitrogens with zero attached hydrogens (tertiary/aromatic N) is 3. The van der Waals surface area contributed by atoms with E-state index < -0.39 is 0 Å². The molecule has 25 heavy (non-hydrogen) atoms.